The first kappa shape index (κ1) is 17.1. The largest absolute Gasteiger partial charge is 0.304 e. The van der Waals surface area contributed by atoms with Crippen LogP contribution in [0.15, 0.2) is 34.1 Å². The van der Waals surface area contributed by atoms with Crippen molar-refractivity contribution in [2.24, 2.45) is 0 Å². The van der Waals surface area contributed by atoms with Crippen LogP contribution in [0.3, 0.4) is 0 Å². The van der Waals surface area contributed by atoms with Crippen molar-refractivity contribution in [3.63, 3.8) is 0 Å². The molecule has 0 amide bonds. The van der Waals surface area contributed by atoms with E-state index in [1.54, 1.807) is 0 Å². The van der Waals surface area contributed by atoms with Crippen LogP contribution in [-0.2, 0) is 0 Å². The molecule has 1 saturated heterocycles. The number of halogens is 2. The number of rotatable bonds is 3. The third-order valence-corrected chi connectivity index (χ3v) is 5.53. The monoisotopic (exact) mass is 430 g/mol. The van der Waals surface area contributed by atoms with E-state index in [4.69, 9.17) is 4.98 Å². The summed E-state index contributed by atoms with van der Waals surface area (Å²) in [6.45, 7) is 5.85. The topological polar surface area (TPSA) is 16.1 Å². The minimum absolute atomic E-state index is 0. The van der Waals surface area contributed by atoms with Crippen molar-refractivity contribution in [1.82, 2.24) is 9.88 Å². The Bertz CT molecular complexity index is 577. The van der Waals surface area contributed by atoms with Crippen LogP contribution in [0.25, 0.3) is 11.3 Å². The highest BCUT2D eigenvalue weighted by atomic mass is 79.9. The first-order chi connectivity index (χ1) is 9.76. The Morgan fingerprint density at radius 3 is 2.76 bits per heavy atom. The van der Waals surface area contributed by atoms with Crippen LogP contribution >= 0.6 is 44.2 Å². The van der Waals surface area contributed by atoms with Gasteiger partial charge in [0.1, 0.15) is 0 Å². The number of benzene rings is 1. The van der Waals surface area contributed by atoms with Crippen molar-refractivity contribution < 1.29 is 0 Å². The molecular formula is C16H20Br2N2S. The molecule has 0 aliphatic carbocycles. The van der Waals surface area contributed by atoms with Gasteiger partial charge in [0, 0.05) is 21.3 Å². The number of aromatic nitrogens is 1. The second-order valence-electron chi connectivity index (χ2n) is 5.29. The summed E-state index contributed by atoms with van der Waals surface area (Å²) in [6, 6.07) is 8.39. The number of hydrogen-bond acceptors (Lipinski definition) is 3. The quantitative estimate of drug-likeness (QED) is 0.650. The molecule has 0 N–H and O–H groups in total. The van der Waals surface area contributed by atoms with Gasteiger partial charge < -0.3 is 4.90 Å². The van der Waals surface area contributed by atoms with Gasteiger partial charge in [-0.05, 0) is 44.6 Å². The van der Waals surface area contributed by atoms with Gasteiger partial charge in [0.15, 0.2) is 0 Å². The third kappa shape index (κ3) is 4.15. The Hall–Kier alpha value is -0.230. The van der Waals surface area contributed by atoms with E-state index in [0.29, 0.717) is 5.92 Å². The SMILES string of the molecule is Br.CCN1CCC(c2nc(-c3cccc(Br)c3)cs2)CC1. The number of hydrogen-bond donors (Lipinski definition) is 0. The van der Waals surface area contributed by atoms with Gasteiger partial charge >= 0.3 is 0 Å². The second kappa shape index (κ2) is 7.86. The van der Waals surface area contributed by atoms with Gasteiger partial charge in [-0.3, -0.25) is 0 Å². The maximum Gasteiger partial charge on any atom is 0.0964 e. The third-order valence-electron chi connectivity index (χ3n) is 4.03. The maximum absolute atomic E-state index is 4.88. The fourth-order valence-electron chi connectivity index (χ4n) is 2.75. The molecular weight excluding hydrogens is 412 g/mol. The van der Waals surface area contributed by atoms with Crippen LogP contribution < -0.4 is 0 Å². The van der Waals surface area contributed by atoms with E-state index in [0.717, 1.165) is 10.2 Å². The molecule has 0 radical (unpaired) electrons. The molecule has 0 unspecified atom stereocenters. The highest BCUT2D eigenvalue weighted by Crippen LogP contribution is 2.33. The second-order valence-corrected chi connectivity index (χ2v) is 7.10. The van der Waals surface area contributed by atoms with Crippen molar-refractivity contribution in [3.05, 3.63) is 39.1 Å². The molecule has 1 aliphatic rings. The molecule has 0 atom stereocenters. The van der Waals surface area contributed by atoms with Gasteiger partial charge in [-0.2, -0.15) is 0 Å². The lowest BCUT2D eigenvalue weighted by Crippen LogP contribution is -2.32. The van der Waals surface area contributed by atoms with Crippen molar-refractivity contribution in [1.29, 1.82) is 0 Å². The Morgan fingerprint density at radius 2 is 2.10 bits per heavy atom. The average molecular weight is 432 g/mol. The molecule has 0 spiro atoms. The Morgan fingerprint density at radius 1 is 1.33 bits per heavy atom. The summed E-state index contributed by atoms with van der Waals surface area (Å²) < 4.78 is 1.11. The summed E-state index contributed by atoms with van der Waals surface area (Å²) in [5.74, 6) is 0.656. The molecule has 3 rings (SSSR count). The Kier molecular flexibility index (Phi) is 6.41. The molecule has 1 fully saturated rings. The first-order valence-electron chi connectivity index (χ1n) is 7.20. The molecule has 1 aromatic heterocycles. The molecule has 2 heterocycles. The lowest BCUT2D eigenvalue weighted by molar-refractivity contribution is 0.222. The number of thiazole rings is 1. The maximum atomic E-state index is 4.88. The summed E-state index contributed by atoms with van der Waals surface area (Å²) in [6.07, 6.45) is 2.50. The smallest absolute Gasteiger partial charge is 0.0964 e. The van der Waals surface area contributed by atoms with Crippen LogP contribution in [0.2, 0.25) is 0 Å². The summed E-state index contributed by atoms with van der Waals surface area (Å²) in [4.78, 5) is 7.40. The van der Waals surface area contributed by atoms with Gasteiger partial charge in [0.05, 0.1) is 10.7 Å². The van der Waals surface area contributed by atoms with Crippen LogP contribution in [-0.4, -0.2) is 29.5 Å². The fourth-order valence-corrected chi connectivity index (χ4v) is 4.15. The van der Waals surface area contributed by atoms with Crippen molar-refractivity contribution in [2.75, 3.05) is 19.6 Å². The predicted octanol–water partition coefficient (Wildman–Crippen LogP) is 5.35. The van der Waals surface area contributed by atoms with Gasteiger partial charge in [0.2, 0.25) is 0 Å². The minimum Gasteiger partial charge on any atom is -0.304 e. The van der Waals surface area contributed by atoms with Gasteiger partial charge in [-0.15, -0.1) is 28.3 Å². The fraction of sp³-hybridized carbons (Fsp3) is 0.438. The van der Waals surface area contributed by atoms with Crippen LogP contribution in [0.4, 0.5) is 0 Å². The summed E-state index contributed by atoms with van der Waals surface area (Å²) in [5, 5.41) is 3.51. The first-order valence-corrected chi connectivity index (χ1v) is 8.87. The van der Waals surface area contributed by atoms with Crippen molar-refractivity contribution in [2.45, 2.75) is 25.7 Å². The van der Waals surface area contributed by atoms with E-state index in [1.165, 1.54) is 43.0 Å². The van der Waals surface area contributed by atoms with E-state index >= 15 is 0 Å². The number of nitrogens with zero attached hydrogens (tertiary/aromatic N) is 2. The van der Waals surface area contributed by atoms with Gasteiger partial charge in [0.25, 0.3) is 0 Å². The summed E-state index contributed by atoms with van der Waals surface area (Å²) in [7, 11) is 0. The molecule has 1 aliphatic heterocycles. The summed E-state index contributed by atoms with van der Waals surface area (Å²) >= 11 is 5.35. The Labute approximate surface area is 149 Å². The predicted molar refractivity (Wildman–Crippen MR) is 99.7 cm³/mol. The van der Waals surface area contributed by atoms with Crippen LogP contribution in [0.1, 0.15) is 30.7 Å². The lowest BCUT2D eigenvalue weighted by atomic mass is 9.97. The highest BCUT2D eigenvalue weighted by Gasteiger charge is 2.22. The van der Waals surface area contributed by atoms with E-state index in [-0.39, 0.29) is 17.0 Å². The van der Waals surface area contributed by atoms with E-state index in [1.807, 2.05) is 11.3 Å². The van der Waals surface area contributed by atoms with Crippen LogP contribution in [0, 0.1) is 0 Å². The molecule has 1 aromatic carbocycles. The van der Waals surface area contributed by atoms with Crippen LogP contribution in [0.5, 0.6) is 0 Å². The van der Waals surface area contributed by atoms with Crippen molar-refractivity contribution in [3.8, 4) is 11.3 Å². The number of likely N-dealkylation sites (tertiary alicyclic amines) is 1. The zero-order valence-corrected chi connectivity index (χ0v) is 16.2. The molecule has 2 nitrogen and oxygen atoms in total. The molecule has 0 bridgehead atoms. The summed E-state index contributed by atoms with van der Waals surface area (Å²) in [5.41, 5.74) is 2.32. The van der Waals surface area contributed by atoms with E-state index in [2.05, 4.69) is 57.4 Å². The Balaban J connectivity index is 0.00000161. The van der Waals surface area contributed by atoms with Gasteiger partial charge in [-0.25, -0.2) is 4.98 Å². The molecule has 0 saturated carbocycles. The number of piperidine rings is 1. The zero-order chi connectivity index (χ0) is 13.9. The average Bonchev–Trinajstić information content (AvgIpc) is 2.97. The van der Waals surface area contributed by atoms with E-state index in [9.17, 15) is 0 Å². The van der Waals surface area contributed by atoms with Crippen molar-refractivity contribution >= 4 is 44.2 Å². The zero-order valence-electron chi connectivity index (χ0n) is 12.1. The molecule has 21 heavy (non-hydrogen) atoms. The highest BCUT2D eigenvalue weighted by molar-refractivity contribution is 9.10. The molecule has 114 valence electrons. The molecule has 5 heteroatoms. The standard InChI is InChI=1S/C16H19BrN2S.BrH/c1-2-19-8-6-12(7-9-19)16-18-15(11-20-16)13-4-3-5-14(17)10-13;/h3-5,10-12H,2,6-9H2,1H3;1H. The minimum atomic E-state index is 0. The lowest BCUT2D eigenvalue weighted by Gasteiger charge is -2.29. The molecule has 2 aromatic rings. The van der Waals surface area contributed by atoms with E-state index < -0.39 is 0 Å². The normalized spacial score (nSPS) is 16.7. The van der Waals surface area contributed by atoms with Gasteiger partial charge in [-0.1, -0.05) is 35.0 Å².